The van der Waals surface area contributed by atoms with E-state index in [0.29, 0.717) is 38.2 Å². The summed E-state index contributed by atoms with van der Waals surface area (Å²) in [6.07, 6.45) is -2.79. The summed E-state index contributed by atoms with van der Waals surface area (Å²) in [5.74, 6) is -2.87. The van der Waals surface area contributed by atoms with E-state index in [1.54, 1.807) is 20.1 Å². The number of rotatable bonds is 8. The van der Waals surface area contributed by atoms with Crippen LogP contribution < -0.4 is 10.2 Å². The number of pyridine rings is 1. The largest absolute Gasteiger partial charge is 0.416 e. The van der Waals surface area contributed by atoms with Crippen molar-refractivity contribution < 1.29 is 31.8 Å². The van der Waals surface area contributed by atoms with E-state index >= 15 is 0 Å². The number of aliphatic hydroxyl groups is 1. The molecule has 2 atom stereocenters. The topological polar surface area (TPSA) is 86.6 Å². The highest BCUT2D eigenvalue weighted by atomic mass is 19.4. The quantitative estimate of drug-likeness (QED) is 0.509. The highest BCUT2D eigenvalue weighted by molar-refractivity contribution is 5.55. The average molecular weight is 517 g/mol. The Labute approximate surface area is 205 Å². The van der Waals surface area contributed by atoms with Crippen LogP contribution in [0, 0.1) is 0 Å². The number of likely N-dealkylation sites (tertiary alicyclic amines) is 1. The molecular formula is C23H29F5N6O2. The van der Waals surface area contributed by atoms with Gasteiger partial charge in [-0.1, -0.05) is 0 Å². The monoisotopic (exact) mass is 516 g/mol. The van der Waals surface area contributed by atoms with Crippen molar-refractivity contribution in [3.63, 3.8) is 0 Å². The molecule has 4 heterocycles. The highest BCUT2D eigenvalue weighted by Gasteiger charge is 2.40. The number of alkyl halides is 5. The Morgan fingerprint density at radius 1 is 1.19 bits per heavy atom. The lowest BCUT2D eigenvalue weighted by Gasteiger charge is -2.33. The van der Waals surface area contributed by atoms with E-state index in [1.165, 1.54) is 4.90 Å². The van der Waals surface area contributed by atoms with Gasteiger partial charge in [0.2, 0.25) is 5.95 Å². The van der Waals surface area contributed by atoms with Gasteiger partial charge >= 0.3 is 6.18 Å². The molecule has 0 radical (unpaired) electrons. The van der Waals surface area contributed by atoms with E-state index in [4.69, 9.17) is 4.74 Å². The molecule has 2 unspecified atom stereocenters. The number of hydrogen-bond donors (Lipinski definition) is 2. The second kappa shape index (κ2) is 10.0. The maximum Gasteiger partial charge on any atom is 0.416 e. The maximum atomic E-state index is 13.9. The van der Waals surface area contributed by atoms with Gasteiger partial charge in [-0.3, -0.25) is 4.90 Å². The number of nitrogens with zero attached hydrogens (tertiary/aromatic N) is 5. The second-order valence-corrected chi connectivity index (χ2v) is 9.45. The van der Waals surface area contributed by atoms with Crippen LogP contribution in [0.15, 0.2) is 24.4 Å². The molecule has 0 saturated carbocycles. The zero-order valence-electron chi connectivity index (χ0n) is 20.0. The molecule has 2 aromatic heterocycles. The molecule has 13 heteroatoms. The van der Waals surface area contributed by atoms with Crippen LogP contribution in [0.1, 0.15) is 43.4 Å². The average Bonchev–Trinajstić information content (AvgIpc) is 3.44. The van der Waals surface area contributed by atoms with Crippen molar-refractivity contribution >= 4 is 17.6 Å². The van der Waals surface area contributed by atoms with Crippen molar-refractivity contribution in [1.29, 1.82) is 0 Å². The zero-order valence-corrected chi connectivity index (χ0v) is 20.0. The number of aromatic nitrogens is 3. The van der Waals surface area contributed by atoms with Gasteiger partial charge in [0.15, 0.2) is 0 Å². The van der Waals surface area contributed by atoms with E-state index in [0.717, 1.165) is 18.3 Å². The number of anilines is 3. The Hall–Kier alpha value is -2.64. The molecule has 0 amide bonds. The summed E-state index contributed by atoms with van der Waals surface area (Å²) in [7, 11) is 1.56. The van der Waals surface area contributed by atoms with Gasteiger partial charge in [-0.2, -0.15) is 18.2 Å². The Kier molecular flexibility index (Phi) is 7.35. The van der Waals surface area contributed by atoms with E-state index in [1.807, 2.05) is 4.90 Å². The summed E-state index contributed by atoms with van der Waals surface area (Å²) < 4.78 is 72.3. The summed E-state index contributed by atoms with van der Waals surface area (Å²) in [6, 6.07) is 3.31. The minimum atomic E-state index is -4.55. The summed E-state index contributed by atoms with van der Waals surface area (Å²) in [4.78, 5) is 16.1. The van der Waals surface area contributed by atoms with Crippen LogP contribution in [0.5, 0.6) is 0 Å². The maximum absolute atomic E-state index is 13.9. The third-order valence-corrected chi connectivity index (χ3v) is 6.60. The van der Waals surface area contributed by atoms with Crippen LogP contribution >= 0.6 is 0 Å². The van der Waals surface area contributed by atoms with E-state index in [9.17, 15) is 27.1 Å². The molecule has 2 aliphatic heterocycles. The van der Waals surface area contributed by atoms with Crippen molar-refractivity contribution in [2.75, 3.05) is 50.1 Å². The predicted octanol–water partition coefficient (Wildman–Crippen LogP) is 4.01. The second-order valence-electron chi connectivity index (χ2n) is 9.45. The number of methoxy groups -OCH3 is 1. The fourth-order valence-electron chi connectivity index (χ4n) is 4.47. The molecular weight excluding hydrogens is 487 g/mol. The molecule has 0 aromatic carbocycles. The Morgan fingerprint density at radius 3 is 2.64 bits per heavy atom. The predicted molar refractivity (Wildman–Crippen MR) is 122 cm³/mol. The molecule has 2 aromatic rings. The van der Waals surface area contributed by atoms with Gasteiger partial charge in [-0.15, -0.1) is 0 Å². The summed E-state index contributed by atoms with van der Waals surface area (Å²) in [5, 5.41) is 13.6. The van der Waals surface area contributed by atoms with Gasteiger partial charge in [0, 0.05) is 57.8 Å². The van der Waals surface area contributed by atoms with Crippen LogP contribution in [0.25, 0.3) is 0 Å². The van der Waals surface area contributed by atoms with Gasteiger partial charge in [-0.05, 0) is 25.5 Å². The first-order valence-electron chi connectivity index (χ1n) is 11.6. The Balaban J connectivity index is 1.61. The van der Waals surface area contributed by atoms with Gasteiger partial charge in [0.05, 0.1) is 24.4 Å². The molecule has 2 fully saturated rings. The Bertz CT molecular complexity index is 1070. The molecule has 198 valence electrons. The number of ether oxygens (including phenoxy) is 1. The van der Waals surface area contributed by atoms with Crippen LogP contribution in [0.2, 0.25) is 0 Å². The van der Waals surface area contributed by atoms with E-state index in [2.05, 4.69) is 20.3 Å². The van der Waals surface area contributed by atoms with Crippen LogP contribution in [-0.4, -0.2) is 76.5 Å². The minimum Gasteiger partial charge on any atom is -0.385 e. The van der Waals surface area contributed by atoms with Gasteiger partial charge in [-0.25, -0.2) is 18.7 Å². The van der Waals surface area contributed by atoms with Crippen molar-refractivity contribution in [2.24, 2.45) is 0 Å². The van der Waals surface area contributed by atoms with Gasteiger partial charge < -0.3 is 20.1 Å². The van der Waals surface area contributed by atoms with Gasteiger partial charge in [0.25, 0.3) is 5.92 Å². The first kappa shape index (κ1) is 26.4. The summed E-state index contributed by atoms with van der Waals surface area (Å²) in [6.45, 7) is 2.65. The molecule has 4 rings (SSSR count). The normalized spacial score (nSPS) is 22.1. The van der Waals surface area contributed by atoms with Crippen LogP contribution in [-0.2, 0) is 10.9 Å². The van der Waals surface area contributed by atoms with Crippen molar-refractivity contribution in [3.05, 3.63) is 35.7 Å². The SMILES string of the molecule is COCCC(C)(O)N1CCC(c2cc(Nc3cc(C(F)(F)F)ccn3)nc(N3CCC(F)(F)C3)n2)C1. The van der Waals surface area contributed by atoms with E-state index < -0.39 is 29.9 Å². The molecule has 2 saturated heterocycles. The van der Waals surface area contributed by atoms with E-state index in [-0.39, 0.29) is 36.5 Å². The van der Waals surface area contributed by atoms with Gasteiger partial charge in [0.1, 0.15) is 17.4 Å². The summed E-state index contributed by atoms with van der Waals surface area (Å²) >= 11 is 0. The lowest BCUT2D eigenvalue weighted by atomic mass is 10.0. The minimum absolute atomic E-state index is 0.0558. The molecule has 8 nitrogen and oxygen atoms in total. The number of nitrogens with one attached hydrogen (secondary N) is 1. The van der Waals surface area contributed by atoms with Crippen molar-refractivity contribution in [3.8, 4) is 0 Å². The summed E-state index contributed by atoms with van der Waals surface area (Å²) in [5.41, 5.74) is -1.42. The lowest BCUT2D eigenvalue weighted by molar-refractivity contribution is -0.137. The Morgan fingerprint density at radius 2 is 1.97 bits per heavy atom. The molecule has 2 aliphatic rings. The van der Waals surface area contributed by atoms with Crippen LogP contribution in [0.4, 0.5) is 39.5 Å². The third kappa shape index (κ3) is 6.19. The standard InChI is InChI=1S/C23H29F5N6O2/c1-21(35,6-10-36-2)34-8-4-15(13-34)17-12-19(31-18-11-16(3-7-29-18)23(26,27)28)32-20(30-17)33-9-5-22(24,25)14-33/h3,7,11-12,15,35H,4-6,8-10,13-14H2,1-2H3,(H,29,30,31,32). The van der Waals surface area contributed by atoms with Crippen molar-refractivity contribution in [1.82, 2.24) is 19.9 Å². The molecule has 2 N–H and O–H groups in total. The first-order valence-corrected chi connectivity index (χ1v) is 11.6. The third-order valence-electron chi connectivity index (χ3n) is 6.60. The van der Waals surface area contributed by atoms with Crippen molar-refractivity contribution in [2.45, 2.75) is 49.9 Å². The number of halogens is 5. The molecule has 0 spiro atoms. The molecule has 0 aliphatic carbocycles. The molecule has 0 bridgehead atoms. The van der Waals surface area contributed by atoms with Crippen LogP contribution in [0.3, 0.4) is 0 Å². The number of hydrogen-bond acceptors (Lipinski definition) is 8. The zero-order chi connectivity index (χ0) is 26.1. The smallest absolute Gasteiger partial charge is 0.385 e. The highest BCUT2D eigenvalue weighted by Crippen LogP contribution is 2.36. The lowest BCUT2D eigenvalue weighted by Crippen LogP contribution is -2.45. The fourth-order valence-corrected chi connectivity index (χ4v) is 4.47. The fraction of sp³-hybridized carbons (Fsp3) is 0.609. The first-order chi connectivity index (χ1) is 16.9. The molecule has 36 heavy (non-hydrogen) atoms.